The molecule has 1 saturated carbocycles. The summed E-state index contributed by atoms with van der Waals surface area (Å²) in [6, 6.07) is 0.462. The molecule has 3 unspecified atom stereocenters. The molecule has 0 radical (unpaired) electrons. The van der Waals surface area contributed by atoms with E-state index in [4.69, 9.17) is 9.47 Å². The molecule has 2 N–H and O–H groups in total. The van der Waals surface area contributed by atoms with E-state index in [1.165, 1.54) is 12.8 Å². The maximum absolute atomic E-state index is 11.7. The van der Waals surface area contributed by atoms with E-state index in [1.807, 2.05) is 27.0 Å². The summed E-state index contributed by atoms with van der Waals surface area (Å²) in [6.07, 6.45) is 9.55. The summed E-state index contributed by atoms with van der Waals surface area (Å²) in [7, 11) is 0. The Balaban J connectivity index is 1.69. The predicted octanol–water partition coefficient (Wildman–Crippen LogP) is 2.96. The first-order chi connectivity index (χ1) is 10.4. The summed E-state index contributed by atoms with van der Waals surface area (Å²) in [5.74, 6) is 0.478. The van der Waals surface area contributed by atoms with Crippen LogP contribution in [0.15, 0.2) is 12.3 Å². The SMILES string of the molecule is CC(C)(C)OC(=O)NCC1CCCC1NCC1CCC=CO1. The van der Waals surface area contributed by atoms with Gasteiger partial charge in [0.25, 0.3) is 0 Å². The monoisotopic (exact) mass is 310 g/mol. The molecule has 0 aromatic rings. The van der Waals surface area contributed by atoms with E-state index in [1.54, 1.807) is 0 Å². The van der Waals surface area contributed by atoms with Crippen LogP contribution in [0.1, 0.15) is 52.9 Å². The molecule has 1 heterocycles. The fourth-order valence-electron chi connectivity index (χ4n) is 3.10. The van der Waals surface area contributed by atoms with Gasteiger partial charge in [0.1, 0.15) is 11.7 Å². The van der Waals surface area contributed by atoms with Crippen LogP contribution < -0.4 is 10.6 Å². The van der Waals surface area contributed by atoms with Gasteiger partial charge in [-0.05, 0) is 58.4 Å². The van der Waals surface area contributed by atoms with Gasteiger partial charge < -0.3 is 20.1 Å². The molecule has 5 heteroatoms. The number of rotatable bonds is 5. The van der Waals surface area contributed by atoms with Crippen molar-refractivity contribution in [2.45, 2.75) is 70.6 Å². The standard InChI is InChI=1S/C17H30N2O3/c1-17(2,3)22-16(20)19-11-13-7-6-9-15(13)18-12-14-8-4-5-10-21-14/h5,10,13-15,18H,4,6-9,11-12H2,1-3H3,(H,19,20). The minimum Gasteiger partial charge on any atom is -0.497 e. The van der Waals surface area contributed by atoms with Gasteiger partial charge in [-0.2, -0.15) is 0 Å². The number of allylic oxidation sites excluding steroid dienone is 1. The Hall–Kier alpha value is -1.23. The Morgan fingerprint density at radius 3 is 2.77 bits per heavy atom. The molecule has 3 atom stereocenters. The molecule has 0 spiro atoms. The van der Waals surface area contributed by atoms with Crippen LogP contribution >= 0.6 is 0 Å². The number of hydrogen-bond donors (Lipinski definition) is 2. The van der Waals surface area contributed by atoms with Crippen molar-refractivity contribution in [2.24, 2.45) is 5.92 Å². The van der Waals surface area contributed by atoms with Gasteiger partial charge in [0.15, 0.2) is 0 Å². The van der Waals surface area contributed by atoms with Crippen LogP contribution in [-0.2, 0) is 9.47 Å². The van der Waals surface area contributed by atoms with Crippen molar-refractivity contribution in [3.05, 3.63) is 12.3 Å². The average molecular weight is 310 g/mol. The lowest BCUT2D eigenvalue weighted by Crippen LogP contribution is -2.43. The van der Waals surface area contributed by atoms with Crippen molar-refractivity contribution in [1.82, 2.24) is 10.6 Å². The third kappa shape index (κ3) is 5.87. The van der Waals surface area contributed by atoms with Crippen LogP contribution in [0.4, 0.5) is 4.79 Å². The third-order valence-electron chi connectivity index (χ3n) is 4.20. The fourth-order valence-corrected chi connectivity index (χ4v) is 3.10. The fraction of sp³-hybridized carbons (Fsp3) is 0.824. The molecular weight excluding hydrogens is 280 g/mol. The number of nitrogens with one attached hydrogen (secondary N) is 2. The Morgan fingerprint density at radius 1 is 1.27 bits per heavy atom. The zero-order valence-electron chi connectivity index (χ0n) is 14.1. The normalized spacial score (nSPS) is 28.2. The molecular formula is C17H30N2O3. The highest BCUT2D eigenvalue weighted by Gasteiger charge is 2.28. The summed E-state index contributed by atoms with van der Waals surface area (Å²) in [6.45, 7) is 7.21. The molecule has 1 amide bonds. The van der Waals surface area contributed by atoms with Crippen LogP contribution in [-0.4, -0.2) is 36.9 Å². The van der Waals surface area contributed by atoms with Crippen LogP contribution in [0.2, 0.25) is 0 Å². The minimum atomic E-state index is -0.441. The summed E-state index contributed by atoms with van der Waals surface area (Å²) in [5.41, 5.74) is -0.441. The molecule has 1 fully saturated rings. The number of hydrogen-bond acceptors (Lipinski definition) is 4. The van der Waals surface area contributed by atoms with E-state index in [-0.39, 0.29) is 12.2 Å². The lowest BCUT2D eigenvalue weighted by Gasteiger charge is -2.26. The van der Waals surface area contributed by atoms with Crippen molar-refractivity contribution in [2.75, 3.05) is 13.1 Å². The Morgan fingerprint density at radius 2 is 2.09 bits per heavy atom. The van der Waals surface area contributed by atoms with Crippen molar-refractivity contribution in [3.63, 3.8) is 0 Å². The molecule has 0 aromatic heterocycles. The molecule has 0 bridgehead atoms. The molecule has 5 nitrogen and oxygen atoms in total. The van der Waals surface area contributed by atoms with Crippen LogP contribution in [0.5, 0.6) is 0 Å². The quantitative estimate of drug-likeness (QED) is 0.819. The molecule has 1 aliphatic carbocycles. The van der Waals surface area contributed by atoms with E-state index in [0.717, 1.165) is 25.8 Å². The van der Waals surface area contributed by atoms with Gasteiger partial charge in [0, 0.05) is 19.1 Å². The van der Waals surface area contributed by atoms with Crippen LogP contribution in [0.3, 0.4) is 0 Å². The predicted molar refractivity (Wildman–Crippen MR) is 86.6 cm³/mol. The molecule has 2 aliphatic rings. The van der Waals surface area contributed by atoms with E-state index in [9.17, 15) is 4.79 Å². The molecule has 2 rings (SSSR count). The smallest absolute Gasteiger partial charge is 0.407 e. The number of carbonyl (C=O) groups is 1. The van der Waals surface area contributed by atoms with Crippen LogP contribution in [0, 0.1) is 5.92 Å². The Kier molecular flexibility index (Phi) is 6.12. The maximum Gasteiger partial charge on any atom is 0.407 e. The van der Waals surface area contributed by atoms with Gasteiger partial charge in [-0.15, -0.1) is 0 Å². The van der Waals surface area contributed by atoms with E-state index in [0.29, 0.717) is 18.5 Å². The lowest BCUT2D eigenvalue weighted by molar-refractivity contribution is 0.0516. The second-order valence-corrected chi connectivity index (χ2v) is 7.30. The van der Waals surface area contributed by atoms with Gasteiger partial charge in [0.2, 0.25) is 0 Å². The van der Waals surface area contributed by atoms with Gasteiger partial charge in [-0.25, -0.2) is 4.79 Å². The first-order valence-corrected chi connectivity index (χ1v) is 8.45. The number of carbonyl (C=O) groups excluding carboxylic acids is 1. The van der Waals surface area contributed by atoms with E-state index in [2.05, 4.69) is 16.7 Å². The molecule has 126 valence electrons. The average Bonchev–Trinajstić information content (AvgIpc) is 2.90. The van der Waals surface area contributed by atoms with Gasteiger partial charge in [-0.3, -0.25) is 0 Å². The molecule has 0 saturated heterocycles. The summed E-state index contributed by atoms with van der Waals surface area (Å²) in [4.78, 5) is 11.7. The van der Waals surface area contributed by atoms with Gasteiger partial charge in [-0.1, -0.05) is 6.42 Å². The molecule has 1 aliphatic heterocycles. The largest absolute Gasteiger partial charge is 0.497 e. The summed E-state index contributed by atoms with van der Waals surface area (Å²) >= 11 is 0. The Bertz CT molecular complexity index is 390. The van der Waals surface area contributed by atoms with E-state index >= 15 is 0 Å². The minimum absolute atomic E-state index is 0.282. The molecule has 0 aromatic carbocycles. The van der Waals surface area contributed by atoms with Gasteiger partial charge in [0.05, 0.1) is 6.26 Å². The summed E-state index contributed by atoms with van der Waals surface area (Å²) in [5, 5.41) is 6.53. The highest BCUT2D eigenvalue weighted by Crippen LogP contribution is 2.25. The Labute approximate surface area is 133 Å². The zero-order chi connectivity index (χ0) is 16.0. The third-order valence-corrected chi connectivity index (χ3v) is 4.20. The highest BCUT2D eigenvalue weighted by atomic mass is 16.6. The second kappa shape index (κ2) is 7.86. The number of alkyl carbamates (subject to hydrolysis) is 1. The van der Waals surface area contributed by atoms with Crippen LogP contribution in [0.25, 0.3) is 0 Å². The first-order valence-electron chi connectivity index (χ1n) is 8.45. The number of amides is 1. The van der Waals surface area contributed by atoms with Crippen molar-refractivity contribution in [1.29, 1.82) is 0 Å². The van der Waals surface area contributed by atoms with Gasteiger partial charge >= 0.3 is 6.09 Å². The maximum atomic E-state index is 11.7. The molecule has 22 heavy (non-hydrogen) atoms. The zero-order valence-corrected chi connectivity index (χ0v) is 14.1. The first kappa shape index (κ1) is 17.1. The van der Waals surface area contributed by atoms with Crippen molar-refractivity contribution < 1.29 is 14.3 Å². The van der Waals surface area contributed by atoms with E-state index < -0.39 is 5.60 Å². The number of ether oxygens (including phenoxy) is 2. The topological polar surface area (TPSA) is 59.6 Å². The lowest BCUT2D eigenvalue weighted by atomic mass is 10.0. The highest BCUT2D eigenvalue weighted by molar-refractivity contribution is 5.67. The summed E-state index contributed by atoms with van der Waals surface area (Å²) < 4.78 is 10.9. The second-order valence-electron chi connectivity index (χ2n) is 7.30. The van der Waals surface area contributed by atoms with Crippen molar-refractivity contribution >= 4 is 6.09 Å². The van der Waals surface area contributed by atoms with Crippen molar-refractivity contribution in [3.8, 4) is 0 Å².